The Morgan fingerprint density at radius 2 is 1.82 bits per heavy atom. The van der Waals surface area contributed by atoms with Crippen LogP contribution in [-0.4, -0.2) is 46.0 Å². The van der Waals surface area contributed by atoms with Crippen molar-refractivity contribution in [3.05, 3.63) is 49.1 Å². The van der Waals surface area contributed by atoms with E-state index in [1.807, 2.05) is 18.2 Å². The third kappa shape index (κ3) is 2.94. The lowest BCUT2D eigenvalue weighted by Crippen LogP contribution is -1.94. The fourth-order valence-electron chi connectivity index (χ4n) is 2.96. The first-order valence-corrected chi connectivity index (χ1v) is 8.43. The van der Waals surface area contributed by atoms with Gasteiger partial charge in [0.15, 0.2) is 5.75 Å². The van der Waals surface area contributed by atoms with Gasteiger partial charge in [-0.1, -0.05) is 0 Å². The first-order chi connectivity index (χ1) is 13.6. The molecule has 0 aromatic carbocycles. The Bertz CT molecular complexity index is 1160. The minimum atomic E-state index is 0.0783. The molecular formula is C20H18N4O4. The SMILES string of the molecule is COc1cncc(-n2cc3nc(-c4cnc(OC)c(OC)c4)ccc3c2O)c1. The van der Waals surface area contributed by atoms with E-state index in [9.17, 15) is 5.11 Å². The molecule has 1 N–H and O–H groups in total. The lowest BCUT2D eigenvalue weighted by molar-refractivity contribution is 0.343. The van der Waals surface area contributed by atoms with Crippen LogP contribution in [0.2, 0.25) is 0 Å². The Labute approximate surface area is 161 Å². The molecule has 0 fully saturated rings. The molecule has 28 heavy (non-hydrogen) atoms. The molecule has 0 atom stereocenters. The Kier molecular flexibility index (Phi) is 4.44. The zero-order chi connectivity index (χ0) is 19.7. The van der Waals surface area contributed by atoms with Crippen LogP contribution in [0.1, 0.15) is 0 Å². The lowest BCUT2D eigenvalue weighted by Gasteiger charge is -2.08. The predicted molar refractivity (Wildman–Crippen MR) is 103 cm³/mol. The first-order valence-electron chi connectivity index (χ1n) is 8.43. The van der Waals surface area contributed by atoms with E-state index in [1.54, 1.807) is 49.6 Å². The summed E-state index contributed by atoms with van der Waals surface area (Å²) >= 11 is 0. The second kappa shape index (κ2) is 7.07. The van der Waals surface area contributed by atoms with Crippen LogP contribution in [-0.2, 0) is 0 Å². The molecule has 0 unspecified atom stereocenters. The molecule has 8 nitrogen and oxygen atoms in total. The van der Waals surface area contributed by atoms with Gasteiger partial charge >= 0.3 is 0 Å². The number of ether oxygens (including phenoxy) is 3. The summed E-state index contributed by atoms with van der Waals surface area (Å²) in [5, 5.41) is 11.2. The standard InChI is InChI=1S/C20H18N4O4/c1-26-14-7-13(9-21-10-14)24-11-17-15(20(24)25)4-5-16(23-17)12-6-18(27-2)19(28-3)22-8-12/h4-11,25H,1-3H3. The summed E-state index contributed by atoms with van der Waals surface area (Å²) in [5.41, 5.74) is 2.77. The topological polar surface area (TPSA) is 91.5 Å². The number of nitrogens with zero attached hydrogens (tertiary/aromatic N) is 4. The number of methoxy groups -OCH3 is 3. The molecule has 0 saturated carbocycles. The summed E-state index contributed by atoms with van der Waals surface area (Å²) in [7, 11) is 4.66. The molecule has 4 aromatic rings. The van der Waals surface area contributed by atoms with Crippen molar-refractivity contribution >= 4 is 10.9 Å². The van der Waals surface area contributed by atoms with Crippen LogP contribution in [0.25, 0.3) is 27.8 Å². The smallest absolute Gasteiger partial charge is 0.256 e. The van der Waals surface area contributed by atoms with Crippen LogP contribution in [0.3, 0.4) is 0 Å². The molecular weight excluding hydrogens is 360 g/mol. The van der Waals surface area contributed by atoms with Crippen LogP contribution < -0.4 is 14.2 Å². The number of pyridine rings is 3. The maximum absolute atomic E-state index is 10.6. The van der Waals surface area contributed by atoms with Gasteiger partial charge in [-0.2, -0.15) is 0 Å². The van der Waals surface area contributed by atoms with Gasteiger partial charge in [0, 0.05) is 24.0 Å². The molecule has 0 spiro atoms. The number of hydrogen-bond acceptors (Lipinski definition) is 7. The van der Waals surface area contributed by atoms with E-state index in [-0.39, 0.29) is 5.88 Å². The van der Waals surface area contributed by atoms with E-state index < -0.39 is 0 Å². The van der Waals surface area contributed by atoms with Crippen molar-refractivity contribution < 1.29 is 19.3 Å². The van der Waals surface area contributed by atoms with Crippen molar-refractivity contribution in [2.24, 2.45) is 0 Å². The Morgan fingerprint density at radius 1 is 0.964 bits per heavy atom. The highest BCUT2D eigenvalue weighted by Crippen LogP contribution is 2.33. The molecule has 0 aliphatic heterocycles. The van der Waals surface area contributed by atoms with E-state index in [4.69, 9.17) is 14.2 Å². The molecule has 4 rings (SSSR count). The van der Waals surface area contributed by atoms with Gasteiger partial charge in [-0.25, -0.2) is 9.97 Å². The molecule has 4 heterocycles. The normalized spacial score (nSPS) is 10.8. The predicted octanol–water partition coefficient (Wildman–Crippen LogP) is 3.21. The molecule has 4 aromatic heterocycles. The van der Waals surface area contributed by atoms with Gasteiger partial charge in [-0.15, -0.1) is 0 Å². The summed E-state index contributed by atoms with van der Waals surface area (Å²) in [6, 6.07) is 7.22. The summed E-state index contributed by atoms with van der Waals surface area (Å²) in [6.45, 7) is 0. The number of aromatic nitrogens is 4. The van der Waals surface area contributed by atoms with Gasteiger partial charge in [0.05, 0.1) is 56.0 Å². The maximum atomic E-state index is 10.6. The van der Waals surface area contributed by atoms with Crippen molar-refractivity contribution in [2.45, 2.75) is 0 Å². The Hall–Kier alpha value is -3.81. The van der Waals surface area contributed by atoms with E-state index in [0.29, 0.717) is 39.7 Å². The van der Waals surface area contributed by atoms with Crippen LogP contribution in [0.5, 0.6) is 23.3 Å². The highest BCUT2D eigenvalue weighted by Gasteiger charge is 2.14. The van der Waals surface area contributed by atoms with Gasteiger partial charge in [0.2, 0.25) is 5.88 Å². The van der Waals surface area contributed by atoms with Crippen molar-refractivity contribution in [2.75, 3.05) is 21.3 Å². The second-order valence-electron chi connectivity index (χ2n) is 5.97. The average molecular weight is 378 g/mol. The zero-order valence-corrected chi connectivity index (χ0v) is 15.6. The Morgan fingerprint density at radius 3 is 2.57 bits per heavy atom. The quantitative estimate of drug-likeness (QED) is 0.570. The van der Waals surface area contributed by atoms with Gasteiger partial charge < -0.3 is 19.3 Å². The van der Waals surface area contributed by atoms with E-state index in [2.05, 4.69) is 15.0 Å². The average Bonchev–Trinajstić information content (AvgIpc) is 3.09. The van der Waals surface area contributed by atoms with Crippen LogP contribution in [0.15, 0.2) is 49.1 Å². The monoisotopic (exact) mass is 378 g/mol. The number of fused-ring (bicyclic) bond motifs is 1. The largest absolute Gasteiger partial charge is 0.495 e. The summed E-state index contributed by atoms with van der Waals surface area (Å²) in [6.07, 6.45) is 6.65. The third-order valence-electron chi connectivity index (χ3n) is 4.39. The van der Waals surface area contributed by atoms with Crippen molar-refractivity contribution in [3.8, 4) is 40.2 Å². The van der Waals surface area contributed by atoms with Crippen molar-refractivity contribution in [1.29, 1.82) is 0 Å². The van der Waals surface area contributed by atoms with E-state index in [1.165, 1.54) is 7.11 Å². The number of aromatic hydroxyl groups is 1. The van der Waals surface area contributed by atoms with Gasteiger partial charge in [0.25, 0.3) is 5.88 Å². The first kappa shape index (κ1) is 17.6. The highest BCUT2D eigenvalue weighted by atomic mass is 16.5. The number of rotatable bonds is 5. The lowest BCUT2D eigenvalue weighted by atomic mass is 10.1. The molecule has 0 aliphatic rings. The Balaban J connectivity index is 1.80. The fraction of sp³-hybridized carbons (Fsp3) is 0.150. The summed E-state index contributed by atoms with van der Waals surface area (Å²) < 4.78 is 17.3. The maximum Gasteiger partial charge on any atom is 0.256 e. The highest BCUT2D eigenvalue weighted by molar-refractivity contribution is 5.87. The molecule has 0 radical (unpaired) electrons. The minimum Gasteiger partial charge on any atom is -0.495 e. The zero-order valence-electron chi connectivity index (χ0n) is 15.6. The second-order valence-corrected chi connectivity index (χ2v) is 5.97. The molecule has 0 aliphatic carbocycles. The van der Waals surface area contributed by atoms with Gasteiger partial charge in [0.1, 0.15) is 5.75 Å². The third-order valence-corrected chi connectivity index (χ3v) is 4.39. The van der Waals surface area contributed by atoms with Crippen LogP contribution in [0.4, 0.5) is 0 Å². The molecule has 0 bridgehead atoms. The van der Waals surface area contributed by atoms with Crippen molar-refractivity contribution in [3.63, 3.8) is 0 Å². The fourth-order valence-corrected chi connectivity index (χ4v) is 2.96. The summed E-state index contributed by atoms with van der Waals surface area (Å²) in [5.74, 6) is 1.60. The molecule has 142 valence electrons. The minimum absolute atomic E-state index is 0.0783. The number of hydrogen-bond donors (Lipinski definition) is 1. The van der Waals surface area contributed by atoms with Crippen LogP contribution in [0, 0.1) is 0 Å². The molecule has 8 heteroatoms. The molecule has 0 amide bonds. The van der Waals surface area contributed by atoms with Gasteiger partial charge in [-0.05, 0) is 18.2 Å². The van der Waals surface area contributed by atoms with Crippen LogP contribution >= 0.6 is 0 Å². The van der Waals surface area contributed by atoms with Gasteiger partial charge in [-0.3, -0.25) is 9.55 Å². The van der Waals surface area contributed by atoms with E-state index >= 15 is 0 Å². The van der Waals surface area contributed by atoms with E-state index in [0.717, 1.165) is 5.56 Å². The molecule has 0 saturated heterocycles. The summed E-state index contributed by atoms with van der Waals surface area (Å²) in [4.78, 5) is 13.0. The van der Waals surface area contributed by atoms with Crippen molar-refractivity contribution in [1.82, 2.24) is 19.5 Å².